The molecule has 3 nitrogen and oxygen atoms in total. The van der Waals surface area contributed by atoms with Gasteiger partial charge in [0, 0.05) is 18.9 Å². The highest BCUT2D eigenvalue weighted by atomic mass is 16.1. The lowest BCUT2D eigenvalue weighted by Crippen LogP contribution is -2.32. The number of nitrogens with one attached hydrogen (secondary N) is 1. The van der Waals surface area contributed by atoms with Gasteiger partial charge in [0.2, 0.25) is 5.91 Å². The summed E-state index contributed by atoms with van der Waals surface area (Å²) in [7, 11) is 0. The van der Waals surface area contributed by atoms with Crippen molar-refractivity contribution < 1.29 is 4.79 Å². The third-order valence-electron chi connectivity index (χ3n) is 4.79. The number of nitriles is 1. The van der Waals surface area contributed by atoms with Crippen LogP contribution in [0.4, 0.5) is 0 Å². The predicted octanol–water partition coefficient (Wildman–Crippen LogP) is 3.42. The van der Waals surface area contributed by atoms with E-state index in [4.69, 9.17) is 5.26 Å². The van der Waals surface area contributed by atoms with E-state index in [1.807, 2.05) is 0 Å². The first-order valence-electron chi connectivity index (χ1n) is 7.86. The minimum absolute atomic E-state index is 0.200. The lowest BCUT2D eigenvalue weighted by Gasteiger charge is -2.36. The topological polar surface area (TPSA) is 52.9 Å². The van der Waals surface area contributed by atoms with Crippen LogP contribution >= 0.6 is 0 Å². The second-order valence-electron chi connectivity index (χ2n) is 6.82. The fraction of sp³-hybridized carbons (Fsp3) is 0.765. The second-order valence-corrected chi connectivity index (χ2v) is 6.82. The Bertz CT molecular complexity index is 429. The Labute approximate surface area is 122 Å². The Morgan fingerprint density at radius 2 is 2.20 bits per heavy atom. The fourth-order valence-corrected chi connectivity index (χ4v) is 3.35. The summed E-state index contributed by atoms with van der Waals surface area (Å²) >= 11 is 0. The lowest BCUT2D eigenvalue weighted by atomic mass is 9.69. The van der Waals surface area contributed by atoms with Gasteiger partial charge < -0.3 is 5.32 Å². The summed E-state index contributed by atoms with van der Waals surface area (Å²) in [5, 5.41) is 12.1. The number of hydrogen-bond acceptors (Lipinski definition) is 2. The molecule has 1 N–H and O–H groups in total. The number of carbonyl (C=O) groups is 1. The average Bonchev–Trinajstić information content (AvgIpc) is 3.16. The molecule has 0 aromatic rings. The van der Waals surface area contributed by atoms with E-state index in [2.05, 4.69) is 38.2 Å². The Hall–Kier alpha value is -1.30. The van der Waals surface area contributed by atoms with Crippen LogP contribution in [0.1, 0.15) is 52.9 Å². The van der Waals surface area contributed by atoms with Gasteiger partial charge in [-0.2, -0.15) is 5.26 Å². The summed E-state index contributed by atoms with van der Waals surface area (Å²) in [6, 6.07) is 2.76. The van der Waals surface area contributed by atoms with Crippen LogP contribution in [0.5, 0.6) is 0 Å². The van der Waals surface area contributed by atoms with Gasteiger partial charge in [0.05, 0.1) is 6.07 Å². The Morgan fingerprint density at radius 1 is 1.50 bits per heavy atom. The molecule has 0 heterocycles. The first-order chi connectivity index (χ1) is 9.51. The summed E-state index contributed by atoms with van der Waals surface area (Å²) < 4.78 is 0. The van der Waals surface area contributed by atoms with Crippen molar-refractivity contribution in [2.24, 2.45) is 23.7 Å². The number of amides is 1. The van der Waals surface area contributed by atoms with E-state index in [1.165, 1.54) is 5.57 Å². The molecule has 2 rings (SSSR count). The number of nitrogens with zero attached hydrogens (tertiary/aromatic N) is 1. The van der Waals surface area contributed by atoms with Gasteiger partial charge >= 0.3 is 0 Å². The Balaban J connectivity index is 2.00. The van der Waals surface area contributed by atoms with Gasteiger partial charge in [-0.25, -0.2) is 0 Å². The van der Waals surface area contributed by atoms with Crippen LogP contribution in [0.3, 0.4) is 0 Å². The molecule has 2 aliphatic rings. The molecule has 0 bridgehead atoms. The molecule has 20 heavy (non-hydrogen) atoms. The van der Waals surface area contributed by atoms with Crippen LogP contribution in [-0.2, 0) is 4.79 Å². The fourth-order valence-electron chi connectivity index (χ4n) is 3.35. The number of allylic oxidation sites excluding steroid dienone is 2. The van der Waals surface area contributed by atoms with Crippen molar-refractivity contribution in [1.29, 1.82) is 5.26 Å². The summed E-state index contributed by atoms with van der Waals surface area (Å²) in [6.45, 7) is 6.58. The molecular weight excluding hydrogens is 248 g/mol. The molecule has 3 heteroatoms. The smallest absolute Gasteiger partial charge is 0.220 e. The van der Waals surface area contributed by atoms with Crippen LogP contribution < -0.4 is 5.32 Å². The first kappa shape index (κ1) is 15.1. The molecule has 0 aromatic heterocycles. The minimum Gasteiger partial charge on any atom is -0.353 e. The second kappa shape index (κ2) is 6.43. The van der Waals surface area contributed by atoms with Crippen LogP contribution in [0.15, 0.2) is 11.6 Å². The van der Waals surface area contributed by atoms with Crippen molar-refractivity contribution in [3.05, 3.63) is 11.6 Å². The molecule has 0 aliphatic heterocycles. The molecule has 3 unspecified atom stereocenters. The van der Waals surface area contributed by atoms with Crippen molar-refractivity contribution in [2.45, 2.75) is 58.9 Å². The van der Waals surface area contributed by atoms with Gasteiger partial charge in [0.25, 0.3) is 0 Å². The van der Waals surface area contributed by atoms with E-state index in [0.29, 0.717) is 42.6 Å². The quantitative estimate of drug-likeness (QED) is 0.781. The molecule has 0 saturated heterocycles. The van der Waals surface area contributed by atoms with Gasteiger partial charge in [-0.1, -0.05) is 25.5 Å². The molecule has 3 atom stereocenters. The third kappa shape index (κ3) is 3.85. The SMILES string of the molecule is CC1=CC(CC#N)C(C(C)C)CC1CC(=O)NC1CC1. The van der Waals surface area contributed by atoms with Crippen LogP contribution in [0.2, 0.25) is 0 Å². The Morgan fingerprint density at radius 3 is 2.75 bits per heavy atom. The normalized spacial score (nSPS) is 29.8. The molecule has 110 valence electrons. The van der Waals surface area contributed by atoms with Gasteiger partial charge in [0.15, 0.2) is 0 Å². The number of hydrogen-bond donors (Lipinski definition) is 1. The van der Waals surface area contributed by atoms with E-state index in [-0.39, 0.29) is 5.91 Å². The molecule has 0 aromatic carbocycles. The molecule has 1 fully saturated rings. The van der Waals surface area contributed by atoms with E-state index in [0.717, 1.165) is 19.3 Å². The molecule has 0 spiro atoms. The van der Waals surface area contributed by atoms with Gasteiger partial charge in [-0.15, -0.1) is 0 Å². The molecule has 0 radical (unpaired) electrons. The zero-order chi connectivity index (χ0) is 14.7. The Kier molecular flexibility index (Phi) is 4.86. The van der Waals surface area contributed by atoms with E-state index < -0.39 is 0 Å². The first-order valence-corrected chi connectivity index (χ1v) is 7.86. The standard InChI is InChI=1S/C17H26N2O/c1-11(2)16-9-14(10-17(20)19-15-4-5-15)12(3)8-13(16)6-7-18/h8,11,13-16H,4-6,9-10H2,1-3H3,(H,19,20). The highest BCUT2D eigenvalue weighted by Crippen LogP contribution is 2.40. The van der Waals surface area contributed by atoms with Crippen molar-refractivity contribution in [1.82, 2.24) is 5.32 Å². The van der Waals surface area contributed by atoms with Crippen molar-refractivity contribution >= 4 is 5.91 Å². The summed E-state index contributed by atoms with van der Waals surface area (Å²) in [6.07, 6.45) is 6.80. The maximum Gasteiger partial charge on any atom is 0.220 e. The zero-order valence-electron chi connectivity index (χ0n) is 12.9. The van der Waals surface area contributed by atoms with Crippen LogP contribution in [-0.4, -0.2) is 11.9 Å². The van der Waals surface area contributed by atoms with Crippen LogP contribution in [0, 0.1) is 35.0 Å². The third-order valence-corrected chi connectivity index (χ3v) is 4.79. The maximum absolute atomic E-state index is 12.0. The molecule has 2 aliphatic carbocycles. The van der Waals surface area contributed by atoms with Gasteiger partial charge in [-0.05, 0) is 49.9 Å². The van der Waals surface area contributed by atoms with E-state index in [1.54, 1.807) is 0 Å². The molecule has 1 amide bonds. The maximum atomic E-state index is 12.0. The predicted molar refractivity (Wildman–Crippen MR) is 79.7 cm³/mol. The van der Waals surface area contributed by atoms with Gasteiger partial charge in [-0.3, -0.25) is 4.79 Å². The highest BCUT2D eigenvalue weighted by Gasteiger charge is 2.33. The van der Waals surface area contributed by atoms with E-state index in [9.17, 15) is 4.79 Å². The van der Waals surface area contributed by atoms with Crippen molar-refractivity contribution in [3.8, 4) is 6.07 Å². The average molecular weight is 274 g/mol. The lowest BCUT2D eigenvalue weighted by molar-refractivity contribution is -0.122. The van der Waals surface area contributed by atoms with E-state index >= 15 is 0 Å². The highest BCUT2D eigenvalue weighted by molar-refractivity contribution is 5.77. The van der Waals surface area contributed by atoms with Crippen molar-refractivity contribution in [3.63, 3.8) is 0 Å². The summed E-state index contributed by atoms with van der Waals surface area (Å²) in [5.41, 5.74) is 1.30. The minimum atomic E-state index is 0.200. The number of carbonyl (C=O) groups excluding carboxylic acids is 1. The zero-order valence-corrected chi connectivity index (χ0v) is 12.9. The number of rotatable bonds is 5. The molecule has 1 saturated carbocycles. The largest absolute Gasteiger partial charge is 0.353 e. The van der Waals surface area contributed by atoms with Gasteiger partial charge in [0.1, 0.15) is 0 Å². The summed E-state index contributed by atoms with van der Waals surface area (Å²) in [5.74, 6) is 2.01. The van der Waals surface area contributed by atoms with Crippen LogP contribution in [0.25, 0.3) is 0 Å². The summed E-state index contributed by atoms with van der Waals surface area (Å²) in [4.78, 5) is 12.0. The van der Waals surface area contributed by atoms with Crippen molar-refractivity contribution in [2.75, 3.05) is 0 Å². The monoisotopic (exact) mass is 274 g/mol. The molecular formula is C17H26N2O.